The molecule has 0 bridgehead atoms. The van der Waals surface area contributed by atoms with Crippen LogP contribution in [0.4, 0.5) is 0 Å². The zero-order valence-electron chi connectivity index (χ0n) is 10.1. The van der Waals surface area contributed by atoms with Crippen LogP contribution < -0.4 is 0 Å². The highest BCUT2D eigenvalue weighted by molar-refractivity contribution is 6.30. The molecule has 2 heteroatoms. The molecule has 1 nitrogen and oxygen atoms in total. The van der Waals surface area contributed by atoms with Gasteiger partial charge in [0.15, 0.2) is 0 Å². The predicted molar refractivity (Wildman–Crippen MR) is 71.4 cm³/mol. The molecule has 0 aliphatic heterocycles. The van der Waals surface area contributed by atoms with E-state index in [4.69, 9.17) is 11.6 Å². The summed E-state index contributed by atoms with van der Waals surface area (Å²) in [6.07, 6.45) is 7.44. The van der Waals surface area contributed by atoms with Crippen molar-refractivity contribution in [3.63, 3.8) is 0 Å². The highest BCUT2D eigenvalue weighted by Crippen LogP contribution is 2.24. The van der Waals surface area contributed by atoms with Crippen molar-refractivity contribution in [1.82, 2.24) is 0 Å². The van der Waals surface area contributed by atoms with Crippen molar-refractivity contribution in [2.45, 2.75) is 44.9 Å². The van der Waals surface area contributed by atoms with E-state index < -0.39 is 0 Å². The first-order chi connectivity index (χ1) is 8.25. The standard InChI is InChI=1S/C15H19ClO/c16-14-8-5-6-12(11-14)10-13-7-3-1-2-4-9-15(13)17/h5-6,8,11,13H,1-4,7,9-10H2. The van der Waals surface area contributed by atoms with Crippen LogP contribution in [0, 0.1) is 5.92 Å². The van der Waals surface area contributed by atoms with Crippen LogP contribution in [0.3, 0.4) is 0 Å². The largest absolute Gasteiger partial charge is 0.299 e. The fourth-order valence-corrected chi connectivity index (χ4v) is 2.79. The van der Waals surface area contributed by atoms with Crippen LogP contribution in [0.15, 0.2) is 24.3 Å². The van der Waals surface area contributed by atoms with Crippen LogP contribution in [0.25, 0.3) is 0 Å². The summed E-state index contributed by atoms with van der Waals surface area (Å²) in [4.78, 5) is 12.0. The third kappa shape index (κ3) is 3.85. The molecular formula is C15H19ClO. The number of benzene rings is 1. The minimum absolute atomic E-state index is 0.216. The summed E-state index contributed by atoms with van der Waals surface area (Å²) in [5, 5.41) is 0.765. The van der Waals surface area contributed by atoms with Gasteiger partial charge in [0.2, 0.25) is 0 Å². The quantitative estimate of drug-likeness (QED) is 0.759. The molecule has 0 saturated heterocycles. The summed E-state index contributed by atoms with van der Waals surface area (Å²) >= 11 is 5.97. The first kappa shape index (κ1) is 12.6. The minimum atomic E-state index is 0.216. The molecule has 0 N–H and O–H groups in total. The lowest BCUT2D eigenvalue weighted by Gasteiger charge is -2.18. The van der Waals surface area contributed by atoms with Crippen molar-refractivity contribution >= 4 is 17.4 Å². The van der Waals surface area contributed by atoms with Crippen LogP contribution in [0.1, 0.15) is 44.1 Å². The van der Waals surface area contributed by atoms with Crippen LogP contribution in [0.5, 0.6) is 0 Å². The van der Waals surface area contributed by atoms with Crippen LogP contribution >= 0.6 is 11.6 Å². The van der Waals surface area contributed by atoms with Gasteiger partial charge in [-0.3, -0.25) is 4.79 Å². The number of carbonyl (C=O) groups is 1. The van der Waals surface area contributed by atoms with Crippen LogP contribution in [-0.4, -0.2) is 5.78 Å². The van der Waals surface area contributed by atoms with E-state index in [0.717, 1.165) is 30.7 Å². The zero-order chi connectivity index (χ0) is 12.1. The summed E-state index contributed by atoms with van der Waals surface area (Å²) in [6.45, 7) is 0. The van der Waals surface area contributed by atoms with Gasteiger partial charge in [0.1, 0.15) is 5.78 Å². The molecule has 1 aromatic rings. The Balaban J connectivity index is 2.02. The molecule has 1 fully saturated rings. The maximum atomic E-state index is 12.0. The average molecular weight is 251 g/mol. The van der Waals surface area contributed by atoms with Gasteiger partial charge in [-0.25, -0.2) is 0 Å². The molecule has 1 saturated carbocycles. The van der Waals surface area contributed by atoms with E-state index in [1.165, 1.54) is 24.8 Å². The highest BCUT2D eigenvalue weighted by Gasteiger charge is 2.19. The van der Waals surface area contributed by atoms with E-state index in [1.54, 1.807) is 0 Å². The minimum Gasteiger partial charge on any atom is -0.299 e. The Kier molecular flexibility index (Phi) is 4.61. The molecule has 2 rings (SSSR count). The Morgan fingerprint density at radius 3 is 2.82 bits per heavy atom. The summed E-state index contributed by atoms with van der Waals surface area (Å²) in [5.74, 6) is 0.665. The molecule has 0 amide bonds. The Hall–Kier alpha value is -0.820. The molecule has 92 valence electrons. The Morgan fingerprint density at radius 2 is 2.00 bits per heavy atom. The summed E-state index contributed by atoms with van der Waals surface area (Å²) in [7, 11) is 0. The maximum absolute atomic E-state index is 12.0. The van der Waals surface area contributed by atoms with E-state index >= 15 is 0 Å². The van der Waals surface area contributed by atoms with Crippen molar-refractivity contribution in [3.05, 3.63) is 34.9 Å². The van der Waals surface area contributed by atoms with Gasteiger partial charge in [0.25, 0.3) is 0 Å². The lowest BCUT2D eigenvalue weighted by molar-refractivity contribution is -0.123. The Labute approximate surface area is 108 Å². The molecule has 1 aliphatic rings. The van der Waals surface area contributed by atoms with Crippen molar-refractivity contribution in [1.29, 1.82) is 0 Å². The van der Waals surface area contributed by atoms with Gasteiger partial charge in [-0.15, -0.1) is 0 Å². The van der Waals surface area contributed by atoms with Gasteiger partial charge in [-0.1, -0.05) is 43.0 Å². The maximum Gasteiger partial charge on any atom is 0.136 e. The van der Waals surface area contributed by atoms with E-state index in [9.17, 15) is 4.79 Å². The molecule has 0 radical (unpaired) electrons. The van der Waals surface area contributed by atoms with Gasteiger partial charge in [-0.05, 0) is 37.0 Å². The molecular weight excluding hydrogens is 232 g/mol. The topological polar surface area (TPSA) is 17.1 Å². The zero-order valence-corrected chi connectivity index (χ0v) is 10.9. The highest BCUT2D eigenvalue weighted by atomic mass is 35.5. The SMILES string of the molecule is O=C1CCCCCCC1Cc1cccc(Cl)c1. The van der Waals surface area contributed by atoms with Gasteiger partial charge < -0.3 is 0 Å². The smallest absolute Gasteiger partial charge is 0.136 e. The molecule has 0 aromatic heterocycles. The first-order valence-corrected chi connectivity index (χ1v) is 6.90. The van der Waals surface area contributed by atoms with Gasteiger partial charge in [0, 0.05) is 17.4 Å². The number of hydrogen-bond acceptors (Lipinski definition) is 1. The van der Waals surface area contributed by atoms with E-state index in [0.29, 0.717) is 5.78 Å². The normalized spacial score (nSPS) is 21.9. The molecule has 1 aliphatic carbocycles. The number of halogens is 1. The summed E-state index contributed by atoms with van der Waals surface area (Å²) < 4.78 is 0. The van der Waals surface area contributed by atoms with E-state index in [1.807, 2.05) is 18.2 Å². The monoisotopic (exact) mass is 250 g/mol. The number of carbonyl (C=O) groups excluding carboxylic acids is 1. The van der Waals surface area contributed by atoms with Crippen molar-refractivity contribution in [2.75, 3.05) is 0 Å². The Bertz CT molecular complexity index is 386. The number of rotatable bonds is 2. The molecule has 1 unspecified atom stereocenters. The van der Waals surface area contributed by atoms with Crippen molar-refractivity contribution < 1.29 is 4.79 Å². The van der Waals surface area contributed by atoms with Gasteiger partial charge in [-0.2, -0.15) is 0 Å². The fraction of sp³-hybridized carbons (Fsp3) is 0.533. The predicted octanol–water partition coefficient (Wildman–Crippen LogP) is 4.42. The van der Waals surface area contributed by atoms with Crippen molar-refractivity contribution in [3.8, 4) is 0 Å². The summed E-state index contributed by atoms with van der Waals surface area (Å²) in [6, 6.07) is 7.89. The molecule has 1 aromatic carbocycles. The molecule has 17 heavy (non-hydrogen) atoms. The number of Topliss-reactive ketones (excluding diaryl/α,β-unsaturated/α-hetero) is 1. The third-order valence-electron chi connectivity index (χ3n) is 3.55. The van der Waals surface area contributed by atoms with Crippen LogP contribution in [0.2, 0.25) is 5.02 Å². The van der Waals surface area contributed by atoms with Gasteiger partial charge in [0.05, 0.1) is 0 Å². The van der Waals surface area contributed by atoms with Crippen LogP contribution in [-0.2, 0) is 11.2 Å². The molecule has 0 spiro atoms. The second-order valence-corrected chi connectivity index (χ2v) is 5.39. The van der Waals surface area contributed by atoms with E-state index in [-0.39, 0.29) is 5.92 Å². The third-order valence-corrected chi connectivity index (χ3v) is 3.79. The molecule has 0 heterocycles. The second kappa shape index (κ2) is 6.20. The second-order valence-electron chi connectivity index (χ2n) is 4.95. The molecule has 1 atom stereocenters. The lowest BCUT2D eigenvalue weighted by atomic mass is 9.86. The average Bonchev–Trinajstić information content (AvgIpc) is 2.29. The van der Waals surface area contributed by atoms with Gasteiger partial charge >= 0.3 is 0 Å². The summed E-state index contributed by atoms with van der Waals surface area (Å²) in [5.41, 5.74) is 1.19. The fourth-order valence-electron chi connectivity index (χ4n) is 2.57. The van der Waals surface area contributed by atoms with E-state index in [2.05, 4.69) is 6.07 Å². The lowest BCUT2D eigenvalue weighted by Crippen LogP contribution is -2.18. The van der Waals surface area contributed by atoms with Crippen molar-refractivity contribution in [2.24, 2.45) is 5.92 Å². The Morgan fingerprint density at radius 1 is 1.18 bits per heavy atom. The number of ketones is 1. The first-order valence-electron chi connectivity index (χ1n) is 6.53. The number of hydrogen-bond donors (Lipinski definition) is 0.